The third-order valence-corrected chi connectivity index (χ3v) is 3.68. The Morgan fingerprint density at radius 3 is 2.57 bits per heavy atom. The maximum atomic E-state index is 12.6. The van der Waals surface area contributed by atoms with Crippen molar-refractivity contribution >= 4 is 22.9 Å². The maximum Gasteiger partial charge on any atom is 0.416 e. The number of nitrogens with zero attached hydrogens (tertiary/aromatic N) is 1. The lowest BCUT2D eigenvalue weighted by Gasteiger charge is -2.10. The van der Waals surface area contributed by atoms with Crippen LogP contribution in [0.2, 0.25) is 0 Å². The van der Waals surface area contributed by atoms with Crippen molar-refractivity contribution in [3.63, 3.8) is 0 Å². The minimum absolute atomic E-state index is 0.0566. The lowest BCUT2D eigenvalue weighted by atomic mass is 10.1. The van der Waals surface area contributed by atoms with Crippen LogP contribution in [0.25, 0.3) is 0 Å². The highest BCUT2D eigenvalue weighted by Gasteiger charge is 2.31. The van der Waals surface area contributed by atoms with Gasteiger partial charge >= 0.3 is 6.18 Å². The van der Waals surface area contributed by atoms with Crippen molar-refractivity contribution in [2.24, 2.45) is 0 Å². The summed E-state index contributed by atoms with van der Waals surface area (Å²) in [5, 5.41) is 14.8. The SMILES string of the molecule is Cc1cscc1C(=O)Nc1ccc(C(F)(F)F)cc1C#N. The van der Waals surface area contributed by atoms with Gasteiger partial charge in [0.25, 0.3) is 5.91 Å². The first-order valence-corrected chi connectivity index (χ1v) is 6.72. The highest BCUT2D eigenvalue weighted by atomic mass is 32.1. The molecule has 2 rings (SSSR count). The number of aryl methyl sites for hydroxylation is 1. The molecule has 0 fully saturated rings. The van der Waals surface area contributed by atoms with Crippen molar-refractivity contribution < 1.29 is 18.0 Å². The van der Waals surface area contributed by atoms with Crippen molar-refractivity contribution in [3.05, 3.63) is 51.2 Å². The molecule has 0 aliphatic rings. The number of rotatable bonds is 2. The van der Waals surface area contributed by atoms with Crippen LogP contribution in [0.3, 0.4) is 0 Å². The average molecular weight is 310 g/mol. The summed E-state index contributed by atoms with van der Waals surface area (Å²) >= 11 is 1.35. The molecular formula is C14H9F3N2OS. The van der Waals surface area contributed by atoms with Gasteiger partial charge < -0.3 is 5.32 Å². The molecule has 1 amide bonds. The minimum atomic E-state index is -4.53. The number of halogens is 3. The molecule has 1 aromatic carbocycles. The number of nitrogens with one attached hydrogen (secondary N) is 1. The molecule has 108 valence electrons. The summed E-state index contributed by atoms with van der Waals surface area (Å²) in [6.45, 7) is 1.75. The van der Waals surface area contributed by atoms with Gasteiger partial charge in [-0.2, -0.15) is 29.8 Å². The normalized spacial score (nSPS) is 11.0. The zero-order valence-corrected chi connectivity index (χ0v) is 11.6. The van der Waals surface area contributed by atoms with Gasteiger partial charge in [-0.3, -0.25) is 4.79 Å². The predicted octanol–water partition coefficient (Wildman–Crippen LogP) is 4.20. The number of thiophene rings is 1. The zero-order chi connectivity index (χ0) is 15.6. The van der Waals surface area contributed by atoms with Gasteiger partial charge in [-0.25, -0.2) is 0 Å². The number of nitriles is 1. The van der Waals surface area contributed by atoms with E-state index < -0.39 is 17.6 Å². The van der Waals surface area contributed by atoms with Crippen LogP contribution in [0, 0.1) is 18.3 Å². The van der Waals surface area contributed by atoms with Gasteiger partial charge in [0.15, 0.2) is 0 Å². The van der Waals surface area contributed by atoms with Crippen molar-refractivity contribution in [1.29, 1.82) is 5.26 Å². The van der Waals surface area contributed by atoms with E-state index in [1.54, 1.807) is 23.8 Å². The van der Waals surface area contributed by atoms with Crippen molar-refractivity contribution in [3.8, 4) is 6.07 Å². The number of hydrogen-bond donors (Lipinski definition) is 1. The monoisotopic (exact) mass is 310 g/mol. The summed E-state index contributed by atoms with van der Waals surface area (Å²) < 4.78 is 37.7. The van der Waals surface area contributed by atoms with Crippen LogP contribution in [0.5, 0.6) is 0 Å². The van der Waals surface area contributed by atoms with E-state index in [4.69, 9.17) is 5.26 Å². The Labute approximate surface area is 122 Å². The van der Waals surface area contributed by atoms with Crippen LogP contribution in [-0.4, -0.2) is 5.91 Å². The first-order chi connectivity index (χ1) is 9.82. The average Bonchev–Trinajstić information content (AvgIpc) is 2.84. The summed E-state index contributed by atoms with van der Waals surface area (Å²) in [6, 6.07) is 4.29. The number of carbonyl (C=O) groups is 1. The number of carbonyl (C=O) groups excluding carboxylic acids is 1. The van der Waals surface area contributed by atoms with Gasteiger partial charge in [-0.05, 0) is 36.1 Å². The fourth-order valence-electron chi connectivity index (χ4n) is 1.70. The number of amides is 1. The molecule has 1 heterocycles. The summed E-state index contributed by atoms with van der Waals surface area (Å²) in [5.74, 6) is -0.454. The van der Waals surface area contributed by atoms with E-state index in [0.29, 0.717) is 5.56 Å². The Hall–Kier alpha value is -2.33. The Morgan fingerprint density at radius 1 is 1.33 bits per heavy atom. The standard InChI is InChI=1S/C14H9F3N2OS/c1-8-6-21-7-11(8)13(20)19-12-3-2-10(14(15,16)17)4-9(12)5-18/h2-4,6-7H,1H3,(H,19,20). The second-order valence-electron chi connectivity index (χ2n) is 4.29. The Balaban J connectivity index is 2.31. The van der Waals surface area contributed by atoms with E-state index in [0.717, 1.165) is 23.8 Å². The van der Waals surface area contributed by atoms with Crippen LogP contribution in [0.15, 0.2) is 29.0 Å². The predicted molar refractivity (Wildman–Crippen MR) is 73.2 cm³/mol. The van der Waals surface area contributed by atoms with Crippen molar-refractivity contribution in [2.75, 3.05) is 5.32 Å². The lowest BCUT2D eigenvalue weighted by Crippen LogP contribution is -2.14. The molecule has 1 N–H and O–H groups in total. The molecule has 2 aromatic rings. The van der Waals surface area contributed by atoms with Gasteiger partial charge in [0.2, 0.25) is 0 Å². The molecule has 0 bridgehead atoms. The van der Waals surface area contributed by atoms with Crippen LogP contribution >= 0.6 is 11.3 Å². The molecule has 3 nitrogen and oxygen atoms in total. The summed E-state index contributed by atoms with van der Waals surface area (Å²) in [6.07, 6.45) is -4.53. The van der Waals surface area contributed by atoms with E-state index in [-0.39, 0.29) is 11.3 Å². The van der Waals surface area contributed by atoms with Gasteiger partial charge in [-0.1, -0.05) is 0 Å². The fraction of sp³-hybridized carbons (Fsp3) is 0.143. The van der Waals surface area contributed by atoms with E-state index >= 15 is 0 Å². The second kappa shape index (κ2) is 5.58. The van der Waals surface area contributed by atoms with E-state index in [9.17, 15) is 18.0 Å². The molecule has 0 atom stereocenters. The van der Waals surface area contributed by atoms with E-state index in [1.807, 2.05) is 0 Å². The molecule has 0 radical (unpaired) electrons. The second-order valence-corrected chi connectivity index (χ2v) is 5.04. The quantitative estimate of drug-likeness (QED) is 0.904. The van der Waals surface area contributed by atoms with Gasteiger partial charge in [0.05, 0.1) is 22.4 Å². The van der Waals surface area contributed by atoms with Crippen LogP contribution in [0.4, 0.5) is 18.9 Å². The minimum Gasteiger partial charge on any atom is -0.321 e. The topological polar surface area (TPSA) is 52.9 Å². The largest absolute Gasteiger partial charge is 0.416 e. The number of hydrogen-bond acceptors (Lipinski definition) is 3. The molecule has 0 aliphatic heterocycles. The number of benzene rings is 1. The third-order valence-electron chi connectivity index (χ3n) is 2.82. The molecule has 0 saturated carbocycles. The highest BCUT2D eigenvalue weighted by molar-refractivity contribution is 7.08. The molecule has 7 heteroatoms. The molecule has 1 aromatic heterocycles. The Kier molecular flexibility index (Phi) is 4.00. The van der Waals surface area contributed by atoms with Crippen LogP contribution in [0.1, 0.15) is 27.0 Å². The molecule has 21 heavy (non-hydrogen) atoms. The molecule has 0 aliphatic carbocycles. The lowest BCUT2D eigenvalue weighted by molar-refractivity contribution is -0.137. The van der Waals surface area contributed by atoms with Crippen molar-refractivity contribution in [1.82, 2.24) is 0 Å². The van der Waals surface area contributed by atoms with Gasteiger partial charge in [0.1, 0.15) is 6.07 Å². The van der Waals surface area contributed by atoms with E-state index in [2.05, 4.69) is 5.32 Å². The fourth-order valence-corrected chi connectivity index (χ4v) is 2.53. The third kappa shape index (κ3) is 3.23. The summed E-state index contributed by atoms with van der Waals surface area (Å²) in [5.41, 5.74) is 0.0997. The molecular weight excluding hydrogens is 301 g/mol. The van der Waals surface area contributed by atoms with Crippen LogP contribution in [-0.2, 0) is 6.18 Å². The molecule has 0 unspecified atom stereocenters. The zero-order valence-electron chi connectivity index (χ0n) is 10.8. The molecule has 0 spiro atoms. The first-order valence-electron chi connectivity index (χ1n) is 5.78. The Bertz CT molecular complexity index is 729. The summed E-state index contributed by atoms with van der Waals surface area (Å²) in [7, 11) is 0. The summed E-state index contributed by atoms with van der Waals surface area (Å²) in [4.78, 5) is 12.0. The maximum absolute atomic E-state index is 12.6. The smallest absolute Gasteiger partial charge is 0.321 e. The number of anilines is 1. The van der Waals surface area contributed by atoms with Crippen molar-refractivity contribution in [2.45, 2.75) is 13.1 Å². The highest BCUT2D eigenvalue weighted by Crippen LogP contribution is 2.31. The van der Waals surface area contributed by atoms with Gasteiger partial charge in [0, 0.05) is 5.38 Å². The molecule has 0 saturated heterocycles. The Morgan fingerprint density at radius 2 is 2.05 bits per heavy atom. The number of alkyl halides is 3. The van der Waals surface area contributed by atoms with Gasteiger partial charge in [-0.15, -0.1) is 0 Å². The first kappa shape index (κ1) is 15.1. The van der Waals surface area contributed by atoms with E-state index in [1.165, 1.54) is 11.3 Å². The van der Waals surface area contributed by atoms with Crippen LogP contribution < -0.4 is 5.32 Å².